The zero-order valence-electron chi connectivity index (χ0n) is 18.6. The Bertz CT molecular complexity index is 1120. The molecule has 1 aromatic heterocycles. The van der Waals surface area contributed by atoms with Crippen molar-refractivity contribution in [2.75, 3.05) is 12.3 Å². The van der Waals surface area contributed by atoms with Crippen molar-refractivity contribution in [2.24, 2.45) is 0 Å². The number of nitrogen functional groups attached to an aromatic ring is 1. The lowest BCUT2D eigenvalue weighted by molar-refractivity contribution is -0.158. The van der Waals surface area contributed by atoms with Crippen LogP contribution >= 0.6 is 23.2 Å². The zero-order chi connectivity index (χ0) is 23.9. The number of nitrogens with two attached hydrogens (primary N) is 1. The topological polar surface area (TPSA) is 120 Å². The molecule has 2 heterocycles. The largest absolute Gasteiger partial charge is 0.475 e. The molecular formula is C22H25Cl2N5O4. The number of carbonyl (C=O) groups is 2. The fourth-order valence-electron chi connectivity index (χ4n) is 3.60. The van der Waals surface area contributed by atoms with E-state index >= 15 is 0 Å². The third-order valence-electron chi connectivity index (χ3n) is 5.38. The van der Waals surface area contributed by atoms with Crippen LogP contribution in [0.25, 0.3) is 11.3 Å². The van der Waals surface area contributed by atoms with Crippen molar-refractivity contribution in [1.82, 2.24) is 20.2 Å². The van der Waals surface area contributed by atoms with E-state index in [1.165, 1.54) is 0 Å². The van der Waals surface area contributed by atoms with Gasteiger partial charge in [-0.15, -0.1) is 0 Å². The third kappa shape index (κ3) is 4.94. The molecule has 11 heteroatoms. The highest BCUT2D eigenvalue weighted by Crippen LogP contribution is 2.43. The van der Waals surface area contributed by atoms with Crippen molar-refractivity contribution in [3.63, 3.8) is 0 Å². The number of nitrogens with zero attached hydrogens (tertiary/aromatic N) is 3. The third-order valence-corrected chi connectivity index (χ3v) is 5.90. The molecule has 1 saturated carbocycles. The van der Waals surface area contributed by atoms with Crippen LogP contribution in [-0.2, 0) is 22.6 Å². The molecule has 0 spiro atoms. The first kappa shape index (κ1) is 23.4. The Kier molecular flexibility index (Phi) is 6.28. The average Bonchev–Trinajstić information content (AvgIpc) is 3.42. The fourth-order valence-corrected chi connectivity index (χ4v) is 4.16. The molecule has 0 atom stereocenters. The van der Waals surface area contributed by atoms with Gasteiger partial charge in [0.05, 0.1) is 41.7 Å². The number of halogens is 2. The molecule has 4 rings (SSSR count). The SMILES string of the molecule is CCOC(=O)C(C)(C)Oc1cc(Cl)cc(Cl)c1-c1nc(N)nc2c1CN(C(=O)NC1CC1)C2. The Morgan fingerprint density at radius 1 is 1.24 bits per heavy atom. The number of ether oxygens (including phenoxy) is 2. The van der Waals surface area contributed by atoms with Gasteiger partial charge < -0.3 is 25.4 Å². The summed E-state index contributed by atoms with van der Waals surface area (Å²) in [5.41, 5.74) is 6.85. The highest BCUT2D eigenvalue weighted by molar-refractivity contribution is 6.37. The molecule has 3 N–H and O–H groups in total. The lowest BCUT2D eigenvalue weighted by Crippen LogP contribution is -2.39. The Hall–Kier alpha value is -2.78. The standard InChI is InChI=1S/C22H25Cl2N5O4/c1-4-32-19(30)22(2,3)33-16-8-11(23)7-14(24)17(16)18-13-9-29(21(31)26-12-5-6-12)10-15(13)27-20(25)28-18/h7-8,12H,4-6,9-10H2,1-3H3,(H,26,31)(H2,25,27,28). The van der Waals surface area contributed by atoms with E-state index in [9.17, 15) is 9.59 Å². The molecule has 33 heavy (non-hydrogen) atoms. The van der Waals surface area contributed by atoms with E-state index in [-0.39, 0.29) is 41.9 Å². The van der Waals surface area contributed by atoms with Gasteiger partial charge in [-0.1, -0.05) is 23.2 Å². The number of amides is 2. The molecule has 1 aliphatic heterocycles. The van der Waals surface area contributed by atoms with Crippen LogP contribution < -0.4 is 15.8 Å². The number of urea groups is 1. The molecule has 0 bridgehead atoms. The maximum absolute atomic E-state index is 12.6. The second kappa shape index (κ2) is 8.87. The van der Waals surface area contributed by atoms with Gasteiger partial charge in [-0.3, -0.25) is 0 Å². The maximum atomic E-state index is 12.6. The smallest absolute Gasteiger partial charge is 0.349 e. The van der Waals surface area contributed by atoms with Crippen LogP contribution in [0.1, 0.15) is 44.9 Å². The number of benzene rings is 1. The van der Waals surface area contributed by atoms with Gasteiger partial charge in [0.2, 0.25) is 5.95 Å². The number of anilines is 1. The molecular weight excluding hydrogens is 469 g/mol. The summed E-state index contributed by atoms with van der Waals surface area (Å²) >= 11 is 12.8. The summed E-state index contributed by atoms with van der Waals surface area (Å²) in [5.74, 6) is -0.260. The highest BCUT2D eigenvalue weighted by atomic mass is 35.5. The van der Waals surface area contributed by atoms with Gasteiger partial charge in [0, 0.05) is 16.6 Å². The van der Waals surface area contributed by atoms with Crippen LogP contribution in [0.15, 0.2) is 12.1 Å². The van der Waals surface area contributed by atoms with Crippen molar-refractivity contribution in [1.29, 1.82) is 0 Å². The first-order valence-electron chi connectivity index (χ1n) is 10.7. The van der Waals surface area contributed by atoms with Gasteiger partial charge in [0.15, 0.2) is 5.60 Å². The predicted octanol–water partition coefficient (Wildman–Crippen LogP) is 3.94. The van der Waals surface area contributed by atoms with Crippen LogP contribution in [-0.4, -0.2) is 45.1 Å². The van der Waals surface area contributed by atoms with Gasteiger partial charge in [-0.2, -0.15) is 0 Å². The summed E-state index contributed by atoms with van der Waals surface area (Å²) in [4.78, 5) is 35.5. The minimum Gasteiger partial charge on any atom is -0.475 e. The molecule has 1 fully saturated rings. The number of fused-ring (bicyclic) bond motifs is 1. The molecule has 2 aliphatic rings. The van der Waals surface area contributed by atoms with Crippen LogP contribution in [0.3, 0.4) is 0 Å². The molecule has 1 aromatic carbocycles. The van der Waals surface area contributed by atoms with Gasteiger partial charge in [0.1, 0.15) is 5.75 Å². The predicted molar refractivity (Wildman–Crippen MR) is 124 cm³/mol. The lowest BCUT2D eigenvalue weighted by atomic mass is 10.0. The summed E-state index contributed by atoms with van der Waals surface area (Å²) in [7, 11) is 0. The average molecular weight is 494 g/mol. The van der Waals surface area contributed by atoms with E-state index < -0.39 is 11.6 Å². The fraction of sp³-hybridized carbons (Fsp3) is 0.455. The second-order valence-corrected chi connectivity index (χ2v) is 9.37. The second-order valence-electron chi connectivity index (χ2n) is 8.53. The summed E-state index contributed by atoms with van der Waals surface area (Å²) in [6.45, 7) is 5.68. The van der Waals surface area contributed by atoms with Crippen LogP contribution in [0.4, 0.5) is 10.7 Å². The van der Waals surface area contributed by atoms with E-state index in [1.54, 1.807) is 37.8 Å². The number of rotatable bonds is 6. The van der Waals surface area contributed by atoms with Crippen LogP contribution in [0, 0.1) is 0 Å². The molecule has 1 aliphatic carbocycles. The van der Waals surface area contributed by atoms with Gasteiger partial charge in [-0.25, -0.2) is 19.6 Å². The Labute approximate surface area is 201 Å². The molecule has 2 amide bonds. The van der Waals surface area contributed by atoms with Crippen molar-refractivity contribution >= 4 is 41.2 Å². The molecule has 0 saturated heterocycles. The first-order valence-corrected chi connectivity index (χ1v) is 11.4. The van der Waals surface area contributed by atoms with E-state index in [1.807, 2.05) is 0 Å². The van der Waals surface area contributed by atoms with Crippen molar-refractivity contribution in [2.45, 2.75) is 58.3 Å². The van der Waals surface area contributed by atoms with Gasteiger partial charge in [0.25, 0.3) is 0 Å². The number of hydrogen-bond acceptors (Lipinski definition) is 7. The number of nitrogens with one attached hydrogen (secondary N) is 1. The Morgan fingerprint density at radius 2 is 1.97 bits per heavy atom. The summed E-state index contributed by atoms with van der Waals surface area (Å²) in [5, 5.41) is 3.56. The highest BCUT2D eigenvalue weighted by Gasteiger charge is 2.36. The van der Waals surface area contributed by atoms with E-state index in [0.717, 1.165) is 12.8 Å². The van der Waals surface area contributed by atoms with Crippen molar-refractivity contribution in [3.05, 3.63) is 33.4 Å². The van der Waals surface area contributed by atoms with E-state index in [2.05, 4.69) is 15.3 Å². The van der Waals surface area contributed by atoms with Crippen molar-refractivity contribution < 1.29 is 19.1 Å². The summed E-state index contributed by atoms with van der Waals surface area (Å²) in [6.07, 6.45) is 1.98. The van der Waals surface area contributed by atoms with Gasteiger partial charge in [-0.05, 0) is 45.7 Å². The van der Waals surface area contributed by atoms with E-state index in [4.69, 9.17) is 38.4 Å². The molecule has 2 aromatic rings. The maximum Gasteiger partial charge on any atom is 0.349 e. The monoisotopic (exact) mass is 493 g/mol. The minimum absolute atomic E-state index is 0.0369. The molecule has 176 valence electrons. The minimum atomic E-state index is -1.32. The van der Waals surface area contributed by atoms with Gasteiger partial charge >= 0.3 is 12.0 Å². The summed E-state index contributed by atoms with van der Waals surface area (Å²) in [6, 6.07) is 3.18. The first-order chi connectivity index (χ1) is 15.6. The molecule has 0 radical (unpaired) electrons. The van der Waals surface area contributed by atoms with Crippen LogP contribution in [0.5, 0.6) is 5.75 Å². The number of aromatic nitrogens is 2. The van der Waals surface area contributed by atoms with Crippen molar-refractivity contribution in [3.8, 4) is 17.0 Å². The number of carbonyl (C=O) groups excluding carboxylic acids is 2. The Morgan fingerprint density at radius 3 is 2.64 bits per heavy atom. The Balaban J connectivity index is 1.75. The summed E-state index contributed by atoms with van der Waals surface area (Å²) < 4.78 is 11.2. The molecule has 9 nitrogen and oxygen atoms in total. The molecule has 0 unspecified atom stereocenters. The zero-order valence-corrected chi connectivity index (χ0v) is 20.1. The lowest BCUT2D eigenvalue weighted by Gasteiger charge is -2.26. The quantitative estimate of drug-likeness (QED) is 0.584. The van der Waals surface area contributed by atoms with E-state index in [0.29, 0.717) is 34.1 Å². The van der Waals surface area contributed by atoms with Crippen LogP contribution in [0.2, 0.25) is 10.0 Å². The number of hydrogen-bond donors (Lipinski definition) is 2. The normalized spacial score (nSPS) is 15.2. The number of esters is 1.